The van der Waals surface area contributed by atoms with Gasteiger partial charge in [0.05, 0.1) is 0 Å². The number of nitrogens with one attached hydrogen (secondary N) is 1. The van der Waals surface area contributed by atoms with Crippen LogP contribution in [0.25, 0.3) is 9.40 Å². The van der Waals surface area contributed by atoms with E-state index in [0.29, 0.717) is 6.04 Å². The second-order valence-corrected chi connectivity index (χ2v) is 5.94. The fourth-order valence-electron chi connectivity index (χ4n) is 1.89. The van der Waals surface area contributed by atoms with Crippen molar-refractivity contribution in [2.75, 3.05) is 6.54 Å². The summed E-state index contributed by atoms with van der Waals surface area (Å²) in [5.74, 6) is 6.12. The standard InChI is InChI=1S/C14H17NS2/c1-3-5-6-7-11(15-4-2)13-10-14-12(17-13)8-9-16-14/h8-11,15H,4,6-7H2,1-2H3. The maximum Gasteiger partial charge on any atom is 0.0454 e. The van der Waals surface area contributed by atoms with E-state index in [-0.39, 0.29) is 0 Å². The third-order valence-corrected chi connectivity index (χ3v) is 4.89. The van der Waals surface area contributed by atoms with Crippen molar-refractivity contribution in [3.05, 3.63) is 22.4 Å². The normalized spacial score (nSPS) is 12.4. The highest BCUT2D eigenvalue weighted by Crippen LogP contribution is 2.34. The summed E-state index contributed by atoms with van der Waals surface area (Å²) in [6.07, 6.45) is 2.07. The molecule has 1 unspecified atom stereocenters. The van der Waals surface area contributed by atoms with E-state index in [9.17, 15) is 0 Å². The molecule has 0 aliphatic heterocycles. The van der Waals surface area contributed by atoms with Crippen LogP contribution in [0.2, 0.25) is 0 Å². The minimum atomic E-state index is 0.463. The molecule has 2 rings (SSSR count). The predicted molar refractivity (Wildman–Crippen MR) is 78.8 cm³/mol. The van der Waals surface area contributed by atoms with Crippen molar-refractivity contribution in [3.63, 3.8) is 0 Å². The molecule has 0 saturated heterocycles. The maximum atomic E-state index is 3.56. The first-order chi connectivity index (χ1) is 8.35. The highest BCUT2D eigenvalue weighted by molar-refractivity contribution is 7.26. The predicted octanol–water partition coefficient (Wildman–Crippen LogP) is 4.42. The average Bonchev–Trinajstić information content (AvgIpc) is 2.88. The number of hydrogen-bond acceptors (Lipinski definition) is 3. The van der Waals surface area contributed by atoms with E-state index in [0.717, 1.165) is 19.4 Å². The highest BCUT2D eigenvalue weighted by atomic mass is 32.1. The van der Waals surface area contributed by atoms with Crippen LogP contribution < -0.4 is 5.32 Å². The first kappa shape index (κ1) is 12.6. The van der Waals surface area contributed by atoms with Gasteiger partial charge in [-0.3, -0.25) is 0 Å². The van der Waals surface area contributed by atoms with Crippen LogP contribution in [-0.4, -0.2) is 6.54 Å². The van der Waals surface area contributed by atoms with Crippen molar-refractivity contribution in [1.29, 1.82) is 0 Å². The Bertz CT molecular complexity index is 498. The Balaban J connectivity index is 2.13. The van der Waals surface area contributed by atoms with Crippen molar-refractivity contribution in [1.82, 2.24) is 5.32 Å². The molecule has 0 amide bonds. The number of fused-ring (bicyclic) bond motifs is 1. The summed E-state index contributed by atoms with van der Waals surface area (Å²) < 4.78 is 2.82. The molecule has 3 heteroatoms. The molecular formula is C14H17NS2. The second-order valence-electron chi connectivity index (χ2n) is 3.87. The van der Waals surface area contributed by atoms with Crippen molar-refractivity contribution >= 4 is 32.1 Å². The van der Waals surface area contributed by atoms with Crippen LogP contribution >= 0.6 is 22.7 Å². The van der Waals surface area contributed by atoms with Gasteiger partial charge < -0.3 is 5.32 Å². The van der Waals surface area contributed by atoms with Gasteiger partial charge in [-0.2, -0.15) is 0 Å². The molecule has 0 bridgehead atoms. The maximum absolute atomic E-state index is 3.56. The molecule has 0 spiro atoms. The van der Waals surface area contributed by atoms with E-state index >= 15 is 0 Å². The molecule has 0 aliphatic carbocycles. The van der Waals surface area contributed by atoms with Gasteiger partial charge in [-0.05, 0) is 37.4 Å². The van der Waals surface area contributed by atoms with Gasteiger partial charge in [-0.15, -0.1) is 34.5 Å². The van der Waals surface area contributed by atoms with Crippen molar-refractivity contribution in [3.8, 4) is 11.8 Å². The molecule has 0 saturated carbocycles. The fourth-order valence-corrected chi connectivity index (χ4v) is 4.12. The van der Waals surface area contributed by atoms with Crippen LogP contribution in [0, 0.1) is 11.8 Å². The van der Waals surface area contributed by atoms with E-state index in [1.54, 1.807) is 0 Å². The number of hydrogen-bond donors (Lipinski definition) is 1. The first-order valence-electron chi connectivity index (χ1n) is 5.95. The molecule has 0 fully saturated rings. The summed E-state index contributed by atoms with van der Waals surface area (Å²) in [6, 6.07) is 5.01. The summed E-state index contributed by atoms with van der Waals surface area (Å²) >= 11 is 3.74. The Labute approximate surface area is 111 Å². The molecule has 0 aliphatic rings. The molecule has 1 N–H and O–H groups in total. The van der Waals surface area contributed by atoms with E-state index in [1.165, 1.54) is 14.3 Å². The Kier molecular flexibility index (Phi) is 4.61. The zero-order valence-electron chi connectivity index (χ0n) is 10.2. The quantitative estimate of drug-likeness (QED) is 0.788. The summed E-state index contributed by atoms with van der Waals surface area (Å²) in [6.45, 7) is 5.08. The molecule has 1 nitrogen and oxygen atoms in total. The second kappa shape index (κ2) is 6.20. The van der Waals surface area contributed by atoms with E-state index in [2.05, 4.69) is 41.6 Å². The van der Waals surface area contributed by atoms with Crippen LogP contribution in [0.3, 0.4) is 0 Å². The third-order valence-electron chi connectivity index (χ3n) is 2.69. The fraction of sp³-hybridized carbons (Fsp3) is 0.429. The molecule has 0 radical (unpaired) electrons. The molecule has 17 heavy (non-hydrogen) atoms. The molecular weight excluding hydrogens is 246 g/mol. The summed E-state index contributed by atoms with van der Waals surface area (Å²) in [5, 5.41) is 5.72. The molecule has 2 aromatic heterocycles. The van der Waals surface area contributed by atoms with Gasteiger partial charge in [0.2, 0.25) is 0 Å². The summed E-state index contributed by atoms with van der Waals surface area (Å²) in [5.41, 5.74) is 0. The molecule has 1 atom stereocenters. The van der Waals surface area contributed by atoms with Crippen molar-refractivity contribution in [2.24, 2.45) is 0 Å². The number of rotatable bonds is 5. The number of thiophene rings is 2. The zero-order chi connectivity index (χ0) is 12.1. The van der Waals surface area contributed by atoms with Crippen LogP contribution in [0.1, 0.15) is 37.6 Å². The van der Waals surface area contributed by atoms with Crippen LogP contribution in [0.15, 0.2) is 17.5 Å². The molecule has 2 heterocycles. The van der Waals surface area contributed by atoms with Gasteiger partial charge >= 0.3 is 0 Å². The summed E-state index contributed by atoms with van der Waals surface area (Å²) in [7, 11) is 0. The van der Waals surface area contributed by atoms with E-state index in [4.69, 9.17) is 0 Å². The lowest BCUT2D eigenvalue weighted by molar-refractivity contribution is 0.530. The van der Waals surface area contributed by atoms with Gasteiger partial charge in [0.25, 0.3) is 0 Å². The third kappa shape index (κ3) is 3.10. The molecule has 0 aromatic carbocycles. The summed E-state index contributed by atoms with van der Waals surface area (Å²) in [4.78, 5) is 1.45. The van der Waals surface area contributed by atoms with Gasteiger partial charge in [-0.1, -0.05) is 6.92 Å². The topological polar surface area (TPSA) is 12.0 Å². The Morgan fingerprint density at radius 1 is 1.41 bits per heavy atom. The van der Waals surface area contributed by atoms with Gasteiger partial charge in [-0.25, -0.2) is 0 Å². The Morgan fingerprint density at radius 2 is 2.29 bits per heavy atom. The molecule has 90 valence electrons. The van der Waals surface area contributed by atoms with Gasteiger partial charge in [0.1, 0.15) is 0 Å². The zero-order valence-corrected chi connectivity index (χ0v) is 11.9. The van der Waals surface area contributed by atoms with Crippen molar-refractivity contribution < 1.29 is 0 Å². The molecule has 2 aromatic rings. The Morgan fingerprint density at radius 3 is 3.00 bits per heavy atom. The van der Waals surface area contributed by atoms with E-state index < -0.39 is 0 Å². The minimum absolute atomic E-state index is 0.463. The van der Waals surface area contributed by atoms with Crippen molar-refractivity contribution in [2.45, 2.75) is 32.7 Å². The monoisotopic (exact) mass is 263 g/mol. The SMILES string of the molecule is CC#CCCC(NCC)c1cc2sccc2s1. The van der Waals surface area contributed by atoms with Crippen LogP contribution in [0.4, 0.5) is 0 Å². The average molecular weight is 263 g/mol. The van der Waals surface area contributed by atoms with Crippen LogP contribution in [0.5, 0.6) is 0 Å². The van der Waals surface area contributed by atoms with Gasteiger partial charge in [0, 0.05) is 26.7 Å². The highest BCUT2D eigenvalue weighted by Gasteiger charge is 2.13. The lowest BCUT2D eigenvalue weighted by atomic mass is 10.1. The van der Waals surface area contributed by atoms with Crippen LogP contribution in [-0.2, 0) is 0 Å². The lowest BCUT2D eigenvalue weighted by Crippen LogP contribution is -2.19. The minimum Gasteiger partial charge on any atom is -0.309 e. The smallest absolute Gasteiger partial charge is 0.0454 e. The Hall–Kier alpha value is -0.820. The van der Waals surface area contributed by atoms with E-state index in [1.807, 2.05) is 29.6 Å². The van der Waals surface area contributed by atoms with Gasteiger partial charge in [0.15, 0.2) is 0 Å². The first-order valence-corrected chi connectivity index (χ1v) is 7.64. The largest absolute Gasteiger partial charge is 0.309 e. The lowest BCUT2D eigenvalue weighted by Gasteiger charge is -2.14.